The first-order valence-electron chi connectivity index (χ1n) is 6.72. The largest absolute Gasteiger partial charge is 0.454 e. The summed E-state index contributed by atoms with van der Waals surface area (Å²) in [5.41, 5.74) is 7.83. The van der Waals surface area contributed by atoms with E-state index >= 15 is 0 Å². The van der Waals surface area contributed by atoms with Gasteiger partial charge in [0.25, 0.3) is 0 Å². The predicted molar refractivity (Wildman–Crippen MR) is 80.7 cm³/mol. The minimum absolute atomic E-state index is 0.178. The molecule has 0 aliphatic carbocycles. The van der Waals surface area contributed by atoms with Gasteiger partial charge >= 0.3 is 0 Å². The molecule has 3 rings (SSSR count). The molecule has 1 heterocycles. The number of hydrogen-bond acceptors (Lipinski definition) is 4. The maximum Gasteiger partial charge on any atom is 0.231 e. The van der Waals surface area contributed by atoms with E-state index in [1.54, 1.807) is 12.1 Å². The van der Waals surface area contributed by atoms with Gasteiger partial charge in [-0.2, -0.15) is 0 Å². The van der Waals surface area contributed by atoms with Gasteiger partial charge in [0.15, 0.2) is 11.5 Å². The maximum atomic E-state index is 10.3. The van der Waals surface area contributed by atoms with Gasteiger partial charge in [-0.05, 0) is 17.2 Å². The second kappa shape index (κ2) is 5.93. The number of halogens is 1. The number of rotatable bonds is 4. The van der Waals surface area contributed by atoms with Gasteiger partial charge in [0.1, 0.15) is 0 Å². The summed E-state index contributed by atoms with van der Waals surface area (Å²) >= 11 is 6.22. The minimum atomic E-state index is -0.731. The smallest absolute Gasteiger partial charge is 0.231 e. The van der Waals surface area contributed by atoms with Crippen LogP contribution in [0, 0.1) is 0 Å². The van der Waals surface area contributed by atoms with E-state index < -0.39 is 12.1 Å². The number of aliphatic hydroxyl groups excluding tert-OH is 1. The van der Waals surface area contributed by atoms with Gasteiger partial charge in [-0.1, -0.05) is 41.9 Å². The number of ether oxygens (including phenoxy) is 2. The Hall–Kier alpha value is -1.75. The summed E-state index contributed by atoms with van der Waals surface area (Å²) in [4.78, 5) is 0. The molecule has 0 saturated carbocycles. The highest BCUT2D eigenvalue weighted by Crippen LogP contribution is 2.39. The lowest BCUT2D eigenvalue weighted by atomic mass is 9.96. The van der Waals surface area contributed by atoms with Crippen molar-refractivity contribution >= 4 is 11.6 Å². The van der Waals surface area contributed by atoms with E-state index in [2.05, 4.69) is 0 Å². The van der Waals surface area contributed by atoms with Crippen molar-refractivity contribution in [1.82, 2.24) is 0 Å². The molecule has 21 heavy (non-hydrogen) atoms. The highest BCUT2D eigenvalue weighted by atomic mass is 35.5. The Kier molecular flexibility index (Phi) is 4.01. The standard InChI is InChI=1S/C16H16ClNO3/c17-12-8-15-14(20-9-21-15)7-11(12)16(18)13(19)6-10-4-2-1-3-5-10/h1-5,7-8,13,16,19H,6,9,18H2/t13-,16+/m1/s1. The molecular formula is C16H16ClNO3. The van der Waals surface area contributed by atoms with E-state index in [9.17, 15) is 5.11 Å². The first-order chi connectivity index (χ1) is 10.1. The van der Waals surface area contributed by atoms with E-state index in [1.807, 2.05) is 30.3 Å². The molecule has 0 unspecified atom stereocenters. The summed E-state index contributed by atoms with van der Waals surface area (Å²) < 4.78 is 10.6. The Bertz CT molecular complexity index is 633. The lowest BCUT2D eigenvalue weighted by molar-refractivity contribution is 0.145. The molecule has 4 nitrogen and oxygen atoms in total. The van der Waals surface area contributed by atoms with Crippen LogP contribution in [0.15, 0.2) is 42.5 Å². The normalized spacial score (nSPS) is 15.8. The zero-order valence-electron chi connectivity index (χ0n) is 11.3. The Balaban J connectivity index is 1.80. The molecule has 0 fully saturated rings. The van der Waals surface area contributed by atoms with Crippen LogP contribution < -0.4 is 15.2 Å². The summed E-state index contributed by atoms with van der Waals surface area (Å²) in [5, 5.41) is 10.8. The molecule has 0 bridgehead atoms. The number of nitrogens with two attached hydrogens (primary N) is 1. The molecule has 2 atom stereocenters. The molecule has 5 heteroatoms. The Labute approximate surface area is 128 Å². The molecule has 110 valence electrons. The Morgan fingerprint density at radius 2 is 1.81 bits per heavy atom. The summed E-state index contributed by atoms with van der Waals surface area (Å²) in [7, 11) is 0. The second-order valence-corrected chi connectivity index (χ2v) is 5.42. The van der Waals surface area contributed by atoms with Gasteiger partial charge in [-0.25, -0.2) is 0 Å². The molecule has 0 amide bonds. The fraction of sp³-hybridized carbons (Fsp3) is 0.250. The van der Waals surface area contributed by atoms with E-state index in [4.69, 9.17) is 26.8 Å². The summed E-state index contributed by atoms with van der Waals surface area (Å²) in [5.74, 6) is 1.21. The van der Waals surface area contributed by atoms with Crippen molar-refractivity contribution in [3.63, 3.8) is 0 Å². The van der Waals surface area contributed by atoms with Gasteiger partial charge in [-0.3, -0.25) is 0 Å². The third kappa shape index (κ3) is 2.97. The SMILES string of the molecule is N[C@@H](c1cc2c(cc1Cl)OCO2)[C@H](O)Cc1ccccc1. The van der Waals surface area contributed by atoms with Crippen molar-refractivity contribution in [3.05, 3.63) is 58.6 Å². The average Bonchev–Trinajstić information content (AvgIpc) is 2.93. The molecule has 2 aromatic rings. The number of hydrogen-bond donors (Lipinski definition) is 2. The third-order valence-corrected chi connectivity index (χ3v) is 3.88. The fourth-order valence-corrected chi connectivity index (χ4v) is 2.66. The molecule has 3 N–H and O–H groups in total. The summed E-state index contributed by atoms with van der Waals surface area (Å²) in [6, 6.07) is 12.5. The third-order valence-electron chi connectivity index (χ3n) is 3.55. The van der Waals surface area contributed by atoms with Gasteiger partial charge in [0.05, 0.1) is 12.1 Å². The monoisotopic (exact) mass is 305 g/mol. The van der Waals surface area contributed by atoms with Crippen molar-refractivity contribution < 1.29 is 14.6 Å². The molecule has 0 spiro atoms. The van der Waals surface area contributed by atoms with Crippen molar-refractivity contribution in [2.45, 2.75) is 18.6 Å². The molecular weight excluding hydrogens is 290 g/mol. The van der Waals surface area contributed by atoms with Gasteiger partial charge in [0, 0.05) is 17.5 Å². The van der Waals surface area contributed by atoms with Crippen LogP contribution in [-0.2, 0) is 6.42 Å². The van der Waals surface area contributed by atoms with Crippen LogP contribution in [0.1, 0.15) is 17.2 Å². The maximum absolute atomic E-state index is 10.3. The van der Waals surface area contributed by atoms with Crippen LogP contribution >= 0.6 is 11.6 Å². The lowest BCUT2D eigenvalue weighted by Gasteiger charge is -2.20. The zero-order valence-corrected chi connectivity index (χ0v) is 12.1. The molecule has 2 aromatic carbocycles. The Morgan fingerprint density at radius 3 is 2.52 bits per heavy atom. The van der Waals surface area contributed by atoms with Gasteiger partial charge < -0.3 is 20.3 Å². The van der Waals surface area contributed by atoms with Crippen molar-refractivity contribution in [2.24, 2.45) is 5.73 Å². The predicted octanol–water partition coefficient (Wildman–Crippen LogP) is 2.67. The van der Waals surface area contributed by atoms with Gasteiger partial charge in [-0.15, -0.1) is 0 Å². The molecule has 1 aliphatic rings. The van der Waals surface area contributed by atoms with E-state index in [-0.39, 0.29) is 6.79 Å². The molecule has 1 aliphatic heterocycles. The molecule has 0 aromatic heterocycles. The van der Waals surface area contributed by atoms with Crippen molar-refractivity contribution in [3.8, 4) is 11.5 Å². The van der Waals surface area contributed by atoms with Crippen LogP contribution in [0.4, 0.5) is 0 Å². The number of fused-ring (bicyclic) bond motifs is 1. The van der Waals surface area contributed by atoms with Crippen molar-refractivity contribution in [1.29, 1.82) is 0 Å². The van der Waals surface area contributed by atoms with Crippen LogP contribution in [0.2, 0.25) is 5.02 Å². The summed E-state index contributed by atoms with van der Waals surface area (Å²) in [6.45, 7) is 0.178. The second-order valence-electron chi connectivity index (χ2n) is 5.01. The fourth-order valence-electron chi connectivity index (χ4n) is 2.38. The minimum Gasteiger partial charge on any atom is -0.454 e. The highest BCUT2D eigenvalue weighted by molar-refractivity contribution is 6.31. The molecule has 0 radical (unpaired) electrons. The Morgan fingerprint density at radius 1 is 1.14 bits per heavy atom. The van der Waals surface area contributed by atoms with Crippen LogP contribution in [0.3, 0.4) is 0 Å². The summed E-state index contributed by atoms with van der Waals surface area (Å²) in [6.07, 6.45) is -0.266. The topological polar surface area (TPSA) is 64.7 Å². The zero-order chi connectivity index (χ0) is 14.8. The lowest BCUT2D eigenvalue weighted by Crippen LogP contribution is -2.28. The average molecular weight is 306 g/mol. The number of aliphatic hydroxyl groups is 1. The van der Waals surface area contributed by atoms with Gasteiger partial charge in [0.2, 0.25) is 6.79 Å². The van der Waals surface area contributed by atoms with Crippen LogP contribution in [0.5, 0.6) is 11.5 Å². The highest BCUT2D eigenvalue weighted by Gasteiger charge is 2.24. The van der Waals surface area contributed by atoms with Crippen LogP contribution in [-0.4, -0.2) is 18.0 Å². The first-order valence-corrected chi connectivity index (χ1v) is 7.09. The van der Waals surface area contributed by atoms with E-state index in [1.165, 1.54) is 0 Å². The van der Waals surface area contributed by atoms with E-state index in [0.29, 0.717) is 28.5 Å². The van der Waals surface area contributed by atoms with Crippen molar-refractivity contribution in [2.75, 3.05) is 6.79 Å². The quantitative estimate of drug-likeness (QED) is 0.911. The number of benzene rings is 2. The van der Waals surface area contributed by atoms with Crippen LogP contribution in [0.25, 0.3) is 0 Å². The van der Waals surface area contributed by atoms with E-state index in [0.717, 1.165) is 5.56 Å². The first kappa shape index (κ1) is 14.2. The molecule has 0 saturated heterocycles.